The minimum atomic E-state index is -0.907. The van der Waals surface area contributed by atoms with Gasteiger partial charge >= 0.3 is 6.03 Å². The lowest BCUT2D eigenvalue weighted by Crippen LogP contribution is -2.59. The third kappa shape index (κ3) is 2.18. The fraction of sp³-hybridized carbons (Fsp3) is 0.556. The number of carbonyl (C=O) groups is 4. The molecule has 0 aromatic rings. The lowest BCUT2D eigenvalue weighted by atomic mass is 10.2. The van der Waals surface area contributed by atoms with E-state index in [0.717, 1.165) is 4.90 Å². The standard InChI is InChI=1S/C9H13N3O4/c1-5(8(15)11(2)3)12-7(14)4-6(13)10-9(12)16/h5H,4H2,1-3H3,(H,10,13,16). The van der Waals surface area contributed by atoms with E-state index in [1.807, 2.05) is 5.32 Å². The third-order valence-corrected chi connectivity index (χ3v) is 2.23. The third-order valence-electron chi connectivity index (χ3n) is 2.23. The Labute approximate surface area is 92.4 Å². The highest BCUT2D eigenvalue weighted by molar-refractivity contribution is 6.15. The van der Waals surface area contributed by atoms with E-state index in [9.17, 15) is 19.2 Å². The summed E-state index contributed by atoms with van der Waals surface area (Å²) in [7, 11) is 3.05. The van der Waals surface area contributed by atoms with Gasteiger partial charge in [0.1, 0.15) is 12.5 Å². The Hall–Kier alpha value is -1.92. The number of nitrogens with one attached hydrogen (secondary N) is 1. The van der Waals surface area contributed by atoms with Crippen molar-refractivity contribution in [3.05, 3.63) is 0 Å². The smallest absolute Gasteiger partial charge is 0.331 e. The van der Waals surface area contributed by atoms with Crippen LogP contribution in [0.1, 0.15) is 13.3 Å². The van der Waals surface area contributed by atoms with Crippen molar-refractivity contribution in [2.45, 2.75) is 19.4 Å². The number of imide groups is 2. The van der Waals surface area contributed by atoms with E-state index in [1.165, 1.54) is 25.9 Å². The van der Waals surface area contributed by atoms with Crippen molar-refractivity contribution < 1.29 is 19.2 Å². The van der Waals surface area contributed by atoms with Crippen LogP contribution in [-0.2, 0) is 14.4 Å². The summed E-state index contributed by atoms with van der Waals surface area (Å²) >= 11 is 0. The first-order valence-corrected chi connectivity index (χ1v) is 4.71. The summed E-state index contributed by atoms with van der Waals surface area (Å²) in [5, 5.41) is 1.99. The van der Waals surface area contributed by atoms with Gasteiger partial charge in [-0.05, 0) is 6.92 Å². The molecule has 0 radical (unpaired) electrons. The molecule has 88 valence electrons. The molecule has 0 bridgehead atoms. The molecule has 0 aromatic heterocycles. The monoisotopic (exact) mass is 227 g/mol. The summed E-state index contributed by atoms with van der Waals surface area (Å²) < 4.78 is 0. The maximum absolute atomic E-state index is 11.6. The molecule has 1 heterocycles. The summed E-state index contributed by atoms with van der Waals surface area (Å²) in [5.74, 6) is -1.68. The van der Waals surface area contributed by atoms with E-state index in [2.05, 4.69) is 0 Å². The van der Waals surface area contributed by atoms with Crippen molar-refractivity contribution in [3.63, 3.8) is 0 Å². The number of amides is 5. The van der Waals surface area contributed by atoms with Gasteiger partial charge < -0.3 is 4.90 Å². The molecule has 1 saturated heterocycles. The highest BCUT2D eigenvalue weighted by Crippen LogP contribution is 2.09. The SMILES string of the molecule is CC(C(=O)N(C)C)N1C(=O)CC(=O)NC1=O. The van der Waals surface area contributed by atoms with Gasteiger partial charge in [0.05, 0.1) is 0 Å². The fourth-order valence-electron chi connectivity index (χ4n) is 1.44. The van der Waals surface area contributed by atoms with Gasteiger partial charge in [-0.1, -0.05) is 0 Å². The molecular formula is C9H13N3O4. The first-order valence-electron chi connectivity index (χ1n) is 4.71. The number of barbiturate groups is 1. The van der Waals surface area contributed by atoms with Crippen molar-refractivity contribution in [1.29, 1.82) is 0 Å². The van der Waals surface area contributed by atoms with E-state index in [1.54, 1.807) is 0 Å². The lowest BCUT2D eigenvalue weighted by molar-refractivity contribution is -0.144. The Bertz CT molecular complexity index is 344. The Morgan fingerprint density at radius 2 is 1.94 bits per heavy atom. The van der Waals surface area contributed by atoms with Gasteiger partial charge in [0, 0.05) is 14.1 Å². The van der Waals surface area contributed by atoms with Gasteiger partial charge in [-0.3, -0.25) is 24.6 Å². The summed E-state index contributed by atoms with van der Waals surface area (Å²) in [4.78, 5) is 47.4. The predicted octanol–water partition coefficient (Wildman–Crippen LogP) is -1.07. The average molecular weight is 227 g/mol. The molecule has 1 fully saturated rings. The molecule has 16 heavy (non-hydrogen) atoms. The molecule has 0 aromatic carbocycles. The Kier molecular flexibility index (Phi) is 3.26. The number of carbonyl (C=O) groups excluding carboxylic acids is 4. The molecule has 1 aliphatic heterocycles. The molecule has 1 N–H and O–H groups in total. The minimum absolute atomic E-state index is 0.377. The number of hydrogen-bond acceptors (Lipinski definition) is 4. The molecule has 0 saturated carbocycles. The Balaban J connectivity index is 2.87. The van der Waals surface area contributed by atoms with Gasteiger partial charge in [0.15, 0.2) is 0 Å². The predicted molar refractivity (Wildman–Crippen MR) is 53.2 cm³/mol. The molecule has 1 unspecified atom stereocenters. The van der Waals surface area contributed by atoms with E-state index in [-0.39, 0.29) is 5.91 Å². The summed E-state index contributed by atoms with van der Waals surface area (Å²) in [6, 6.07) is -1.75. The number of nitrogens with zero attached hydrogens (tertiary/aromatic N) is 2. The molecule has 0 spiro atoms. The maximum Gasteiger partial charge on any atom is 0.331 e. The van der Waals surface area contributed by atoms with Crippen LogP contribution in [0, 0.1) is 0 Å². The number of rotatable bonds is 2. The normalized spacial score (nSPS) is 18.2. The molecule has 0 aliphatic carbocycles. The van der Waals surface area contributed by atoms with Gasteiger partial charge in [0.2, 0.25) is 17.7 Å². The van der Waals surface area contributed by atoms with Crippen LogP contribution in [0.25, 0.3) is 0 Å². The van der Waals surface area contributed by atoms with E-state index >= 15 is 0 Å². The van der Waals surface area contributed by atoms with Gasteiger partial charge in [-0.2, -0.15) is 0 Å². The van der Waals surface area contributed by atoms with Crippen molar-refractivity contribution in [2.75, 3.05) is 14.1 Å². The molecule has 7 heteroatoms. The molecule has 5 amide bonds. The van der Waals surface area contributed by atoms with Crippen LogP contribution in [-0.4, -0.2) is 53.7 Å². The molecule has 7 nitrogen and oxygen atoms in total. The highest BCUT2D eigenvalue weighted by atomic mass is 16.2. The Morgan fingerprint density at radius 3 is 2.38 bits per heavy atom. The van der Waals surface area contributed by atoms with E-state index in [4.69, 9.17) is 0 Å². The second-order valence-corrected chi connectivity index (χ2v) is 3.70. The van der Waals surface area contributed by atoms with Crippen LogP contribution >= 0.6 is 0 Å². The molecule has 1 aliphatic rings. The first kappa shape index (κ1) is 12.2. The molecule has 1 rings (SSSR count). The van der Waals surface area contributed by atoms with Crippen molar-refractivity contribution in [3.8, 4) is 0 Å². The van der Waals surface area contributed by atoms with Crippen molar-refractivity contribution in [2.24, 2.45) is 0 Å². The number of hydrogen-bond donors (Lipinski definition) is 1. The lowest BCUT2D eigenvalue weighted by Gasteiger charge is -2.30. The van der Waals surface area contributed by atoms with Gasteiger partial charge in [-0.15, -0.1) is 0 Å². The zero-order valence-electron chi connectivity index (χ0n) is 9.31. The van der Waals surface area contributed by atoms with E-state index in [0.29, 0.717) is 0 Å². The maximum atomic E-state index is 11.6. The van der Waals surface area contributed by atoms with Crippen molar-refractivity contribution in [1.82, 2.24) is 15.1 Å². The zero-order valence-corrected chi connectivity index (χ0v) is 9.31. The van der Waals surface area contributed by atoms with Gasteiger partial charge in [0.25, 0.3) is 0 Å². The fourth-order valence-corrected chi connectivity index (χ4v) is 1.44. The van der Waals surface area contributed by atoms with Crippen LogP contribution in [0.2, 0.25) is 0 Å². The van der Waals surface area contributed by atoms with Gasteiger partial charge in [-0.25, -0.2) is 4.79 Å². The van der Waals surface area contributed by atoms with Crippen LogP contribution in [0.5, 0.6) is 0 Å². The Morgan fingerprint density at radius 1 is 1.38 bits per heavy atom. The van der Waals surface area contributed by atoms with Crippen LogP contribution < -0.4 is 5.32 Å². The average Bonchev–Trinajstić information content (AvgIpc) is 2.14. The van der Waals surface area contributed by atoms with Crippen LogP contribution in [0.3, 0.4) is 0 Å². The largest absolute Gasteiger partial charge is 0.347 e. The molecular weight excluding hydrogens is 214 g/mol. The second-order valence-electron chi connectivity index (χ2n) is 3.70. The quantitative estimate of drug-likeness (QED) is 0.609. The highest BCUT2D eigenvalue weighted by Gasteiger charge is 2.37. The van der Waals surface area contributed by atoms with Crippen LogP contribution in [0.15, 0.2) is 0 Å². The minimum Gasteiger partial charge on any atom is -0.347 e. The van der Waals surface area contributed by atoms with E-state index < -0.39 is 30.3 Å². The molecule has 1 atom stereocenters. The van der Waals surface area contributed by atoms with Crippen molar-refractivity contribution >= 4 is 23.8 Å². The number of urea groups is 1. The van der Waals surface area contributed by atoms with Crippen LogP contribution in [0.4, 0.5) is 4.79 Å². The zero-order chi connectivity index (χ0) is 12.5. The summed E-state index contributed by atoms with van der Waals surface area (Å²) in [6.07, 6.45) is -0.406. The summed E-state index contributed by atoms with van der Waals surface area (Å²) in [5.41, 5.74) is 0. The summed E-state index contributed by atoms with van der Waals surface area (Å²) in [6.45, 7) is 1.44. The number of likely N-dealkylation sites (N-methyl/N-ethyl adjacent to an activating group) is 1. The topological polar surface area (TPSA) is 86.8 Å². The first-order chi connectivity index (χ1) is 7.34. The second kappa shape index (κ2) is 4.30.